The van der Waals surface area contributed by atoms with Gasteiger partial charge in [0.05, 0.1) is 0 Å². The van der Waals surface area contributed by atoms with Gasteiger partial charge in [0.1, 0.15) is 5.75 Å². The lowest BCUT2D eigenvalue weighted by Gasteiger charge is -2.02. The summed E-state index contributed by atoms with van der Waals surface area (Å²) < 4.78 is 1.06. The summed E-state index contributed by atoms with van der Waals surface area (Å²) in [6.45, 7) is 2.09. The van der Waals surface area contributed by atoms with Gasteiger partial charge in [-0.15, -0.1) is 0 Å². The van der Waals surface area contributed by atoms with E-state index in [-0.39, 0.29) is 5.75 Å². The minimum atomic E-state index is 0.282. The molecule has 0 fully saturated rings. The highest BCUT2D eigenvalue weighted by Crippen LogP contribution is 2.22. The fourth-order valence-corrected chi connectivity index (χ4v) is 2.95. The second kappa shape index (κ2) is 8.00. The van der Waals surface area contributed by atoms with Crippen molar-refractivity contribution in [2.45, 2.75) is 6.92 Å². The molecular weight excluding hydrogens is 372 g/mol. The molecule has 0 saturated heterocycles. The van der Waals surface area contributed by atoms with Crippen LogP contribution in [-0.2, 0) is 0 Å². The zero-order valence-corrected chi connectivity index (χ0v) is 15.6. The van der Waals surface area contributed by atoms with E-state index in [1.54, 1.807) is 12.1 Å². The fourth-order valence-electron chi connectivity index (χ4n) is 2.42. The third-order valence-electron chi connectivity index (χ3n) is 3.92. The summed E-state index contributed by atoms with van der Waals surface area (Å²) in [6, 6.07) is 21.9. The SMILES string of the molecule is Cc1ccc(/C=C/c2ccc(/C=C/c3ccc(O)cc3)cc2Br)cc1. The van der Waals surface area contributed by atoms with Crippen LogP contribution >= 0.6 is 15.9 Å². The minimum Gasteiger partial charge on any atom is -0.508 e. The Bertz CT molecular complexity index is 904. The molecule has 2 heteroatoms. The molecule has 0 bridgehead atoms. The summed E-state index contributed by atoms with van der Waals surface area (Å²) in [5, 5.41) is 9.32. The van der Waals surface area contributed by atoms with Crippen LogP contribution in [0.4, 0.5) is 0 Å². The quantitative estimate of drug-likeness (QED) is 0.485. The highest BCUT2D eigenvalue weighted by molar-refractivity contribution is 9.10. The summed E-state index contributed by atoms with van der Waals surface area (Å²) in [4.78, 5) is 0. The summed E-state index contributed by atoms with van der Waals surface area (Å²) in [5.41, 5.74) is 5.77. The van der Waals surface area contributed by atoms with Crippen molar-refractivity contribution in [3.8, 4) is 5.75 Å². The number of aromatic hydroxyl groups is 1. The zero-order chi connectivity index (χ0) is 17.6. The van der Waals surface area contributed by atoms with E-state index >= 15 is 0 Å². The first-order chi connectivity index (χ1) is 12.1. The number of halogens is 1. The van der Waals surface area contributed by atoms with Crippen LogP contribution in [0, 0.1) is 6.92 Å². The van der Waals surface area contributed by atoms with Crippen molar-refractivity contribution in [3.63, 3.8) is 0 Å². The Morgan fingerprint density at radius 2 is 1.20 bits per heavy atom. The van der Waals surface area contributed by atoms with E-state index in [0.717, 1.165) is 21.2 Å². The Morgan fingerprint density at radius 1 is 0.680 bits per heavy atom. The molecule has 0 aliphatic rings. The maximum atomic E-state index is 9.32. The van der Waals surface area contributed by atoms with Gasteiger partial charge in [-0.25, -0.2) is 0 Å². The van der Waals surface area contributed by atoms with E-state index in [4.69, 9.17) is 0 Å². The average Bonchev–Trinajstić information content (AvgIpc) is 2.62. The molecular formula is C23H19BrO. The van der Waals surface area contributed by atoms with Crippen LogP contribution in [0.2, 0.25) is 0 Å². The lowest BCUT2D eigenvalue weighted by Crippen LogP contribution is -1.79. The Balaban J connectivity index is 1.74. The summed E-state index contributed by atoms with van der Waals surface area (Å²) >= 11 is 3.65. The lowest BCUT2D eigenvalue weighted by molar-refractivity contribution is 0.475. The molecule has 3 rings (SSSR count). The average molecular weight is 391 g/mol. The first kappa shape index (κ1) is 17.2. The number of benzene rings is 3. The lowest BCUT2D eigenvalue weighted by atomic mass is 10.1. The third kappa shape index (κ3) is 4.94. The van der Waals surface area contributed by atoms with Gasteiger partial charge in [0.15, 0.2) is 0 Å². The highest BCUT2D eigenvalue weighted by atomic mass is 79.9. The van der Waals surface area contributed by atoms with Gasteiger partial charge >= 0.3 is 0 Å². The van der Waals surface area contributed by atoms with Crippen LogP contribution in [-0.4, -0.2) is 5.11 Å². The van der Waals surface area contributed by atoms with Gasteiger partial charge < -0.3 is 5.11 Å². The van der Waals surface area contributed by atoms with Crippen molar-refractivity contribution in [3.05, 3.63) is 99.0 Å². The topological polar surface area (TPSA) is 20.2 Å². The zero-order valence-electron chi connectivity index (χ0n) is 14.0. The van der Waals surface area contributed by atoms with Crippen molar-refractivity contribution < 1.29 is 5.11 Å². The molecule has 0 heterocycles. The molecule has 0 amide bonds. The molecule has 25 heavy (non-hydrogen) atoms. The molecule has 0 spiro atoms. The van der Waals surface area contributed by atoms with Crippen molar-refractivity contribution in [1.82, 2.24) is 0 Å². The normalized spacial score (nSPS) is 11.4. The molecule has 1 N–H and O–H groups in total. The maximum absolute atomic E-state index is 9.32. The molecule has 0 aromatic heterocycles. The van der Waals surface area contributed by atoms with Gasteiger partial charge in [0.2, 0.25) is 0 Å². The van der Waals surface area contributed by atoms with Gasteiger partial charge in [0.25, 0.3) is 0 Å². The Kier molecular flexibility index (Phi) is 5.52. The predicted octanol–water partition coefficient (Wildman–Crippen LogP) is 6.80. The summed E-state index contributed by atoms with van der Waals surface area (Å²) in [6.07, 6.45) is 8.32. The molecule has 0 aliphatic carbocycles. The smallest absolute Gasteiger partial charge is 0.115 e. The first-order valence-electron chi connectivity index (χ1n) is 8.11. The molecule has 0 atom stereocenters. The highest BCUT2D eigenvalue weighted by Gasteiger charge is 1.98. The standard InChI is InChI=1S/C23H19BrO/c1-17-2-4-18(5-3-17)8-12-21-13-9-20(16-23(21)24)7-6-19-10-14-22(25)15-11-19/h2-16,25H,1H3/b7-6+,12-8+. The third-order valence-corrected chi connectivity index (χ3v) is 4.61. The van der Waals surface area contributed by atoms with Crippen LogP contribution in [0.3, 0.4) is 0 Å². The first-order valence-corrected chi connectivity index (χ1v) is 8.91. The summed E-state index contributed by atoms with van der Waals surface area (Å²) in [5.74, 6) is 0.282. The second-order valence-corrected chi connectivity index (χ2v) is 6.80. The van der Waals surface area contributed by atoms with E-state index in [9.17, 15) is 5.11 Å². The molecule has 0 saturated carbocycles. The predicted molar refractivity (Wildman–Crippen MR) is 111 cm³/mol. The molecule has 3 aromatic carbocycles. The Hall–Kier alpha value is -2.58. The minimum absolute atomic E-state index is 0.282. The van der Waals surface area contributed by atoms with E-state index in [1.807, 2.05) is 18.2 Å². The number of phenols is 1. The molecule has 1 nitrogen and oxygen atoms in total. The van der Waals surface area contributed by atoms with Gasteiger partial charge in [-0.3, -0.25) is 0 Å². The molecule has 3 aromatic rings. The fraction of sp³-hybridized carbons (Fsp3) is 0.0435. The van der Waals surface area contributed by atoms with Crippen molar-refractivity contribution in [2.24, 2.45) is 0 Å². The Labute approximate surface area is 157 Å². The number of rotatable bonds is 4. The largest absolute Gasteiger partial charge is 0.508 e. The van der Waals surface area contributed by atoms with Crippen LogP contribution in [0.1, 0.15) is 27.8 Å². The summed E-state index contributed by atoms with van der Waals surface area (Å²) in [7, 11) is 0. The van der Waals surface area contributed by atoms with Gasteiger partial charge in [-0.05, 0) is 47.4 Å². The van der Waals surface area contributed by atoms with Crippen molar-refractivity contribution in [1.29, 1.82) is 0 Å². The van der Waals surface area contributed by atoms with Crippen LogP contribution in [0.25, 0.3) is 24.3 Å². The van der Waals surface area contributed by atoms with E-state index < -0.39 is 0 Å². The molecule has 0 unspecified atom stereocenters. The number of phenolic OH excluding ortho intramolecular Hbond substituents is 1. The van der Waals surface area contributed by atoms with E-state index in [2.05, 4.69) is 83.5 Å². The number of hydrogen-bond donors (Lipinski definition) is 1. The van der Waals surface area contributed by atoms with Crippen LogP contribution in [0.15, 0.2) is 71.2 Å². The second-order valence-electron chi connectivity index (χ2n) is 5.95. The Morgan fingerprint density at radius 3 is 1.84 bits per heavy atom. The van der Waals surface area contributed by atoms with Gasteiger partial charge in [-0.2, -0.15) is 0 Å². The molecule has 0 aliphatic heterocycles. The van der Waals surface area contributed by atoms with Crippen LogP contribution in [0.5, 0.6) is 5.75 Å². The van der Waals surface area contributed by atoms with E-state index in [0.29, 0.717) is 0 Å². The van der Waals surface area contributed by atoms with Gasteiger partial charge in [-0.1, -0.05) is 94.3 Å². The maximum Gasteiger partial charge on any atom is 0.115 e. The van der Waals surface area contributed by atoms with Gasteiger partial charge in [0, 0.05) is 4.47 Å². The van der Waals surface area contributed by atoms with Crippen molar-refractivity contribution in [2.75, 3.05) is 0 Å². The molecule has 124 valence electrons. The van der Waals surface area contributed by atoms with Crippen molar-refractivity contribution >= 4 is 40.2 Å². The van der Waals surface area contributed by atoms with E-state index in [1.165, 1.54) is 11.1 Å². The number of aryl methyl sites for hydroxylation is 1. The number of hydrogen-bond acceptors (Lipinski definition) is 1. The monoisotopic (exact) mass is 390 g/mol. The molecule has 0 radical (unpaired) electrons. The van der Waals surface area contributed by atoms with Crippen LogP contribution < -0.4 is 0 Å².